The summed E-state index contributed by atoms with van der Waals surface area (Å²) < 4.78 is 0. The zero-order valence-corrected chi connectivity index (χ0v) is 8.97. The molecular formula is C10H5Cl2N3. The smallest absolute Gasteiger partial charge is 0.101 e. The first kappa shape index (κ1) is 10.0. The molecule has 0 aliphatic rings. The maximum Gasteiger partial charge on any atom is 0.101 e. The van der Waals surface area contributed by atoms with E-state index in [4.69, 9.17) is 28.5 Å². The second-order valence-corrected chi connectivity index (χ2v) is 3.71. The van der Waals surface area contributed by atoms with Gasteiger partial charge in [-0.15, -0.1) is 0 Å². The summed E-state index contributed by atoms with van der Waals surface area (Å²) in [4.78, 5) is 0. The van der Waals surface area contributed by atoms with Crippen LogP contribution in [0.25, 0.3) is 11.3 Å². The number of hydrogen-bond donors (Lipinski definition) is 1. The number of rotatable bonds is 1. The van der Waals surface area contributed by atoms with Gasteiger partial charge >= 0.3 is 0 Å². The van der Waals surface area contributed by atoms with Gasteiger partial charge in [-0.25, -0.2) is 0 Å². The Labute approximate surface area is 96.2 Å². The van der Waals surface area contributed by atoms with E-state index in [0.717, 1.165) is 5.56 Å². The summed E-state index contributed by atoms with van der Waals surface area (Å²) in [6.45, 7) is 0. The molecule has 0 aliphatic heterocycles. The van der Waals surface area contributed by atoms with Crippen LogP contribution >= 0.6 is 23.2 Å². The molecule has 1 heterocycles. The minimum Gasteiger partial charge on any atom is -0.276 e. The number of nitrogens with zero attached hydrogens (tertiary/aromatic N) is 2. The van der Waals surface area contributed by atoms with Crippen molar-refractivity contribution in [3.8, 4) is 17.3 Å². The second-order valence-electron chi connectivity index (χ2n) is 2.90. The van der Waals surface area contributed by atoms with Gasteiger partial charge in [0.15, 0.2) is 0 Å². The third kappa shape index (κ3) is 1.82. The summed E-state index contributed by atoms with van der Waals surface area (Å²) in [5, 5.41) is 16.2. The number of halogens is 2. The Morgan fingerprint density at radius 2 is 2.07 bits per heavy atom. The van der Waals surface area contributed by atoms with E-state index in [2.05, 4.69) is 10.2 Å². The number of aromatic nitrogens is 2. The lowest BCUT2D eigenvalue weighted by atomic mass is 10.1. The van der Waals surface area contributed by atoms with Crippen LogP contribution in [0.3, 0.4) is 0 Å². The third-order valence-corrected chi connectivity index (χ3v) is 2.57. The zero-order chi connectivity index (χ0) is 10.8. The summed E-state index contributed by atoms with van der Waals surface area (Å²) in [7, 11) is 0. The quantitative estimate of drug-likeness (QED) is 0.828. The van der Waals surface area contributed by atoms with Crippen LogP contribution in [0.1, 0.15) is 5.56 Å². The molecule has 1 aromatic carbocycles. The molecule has 0 atom stereocenters. The highest BCUT2D eigenvalue weighted by atomic mass is 35.5. The van der Waals surface area contributed by atoms with Gasteiger partial charge < -0.3 is 0 Å². The largest absolute Gasteiger partial charge is 0.276 e. The summed E-state index contributed by atoms with van der Waals surface area (Å²) >= 11 is 11.8. The van der Waals surface area contributed by atoms with E-state index in [-0.39, 0.29) is 0 Å². The molecule has 2 aromatic rings. The van der Waals surface area contributed by atoms with Crippen LogP contribution in [0.5, 0.6) is 0 Å². The van der Waals surface area contributed by atoms with Crippen LogP contribution < -0.4 is 0 Å². The van der Waals surface area contributed by atoms with Crippen molar-refractivity contribution in [2.45, 2.75) is 0 Å². The van der Waals surface area contributed by atoms with E-state index >= 15 is 0 Å². The van der Waals surface area contributed by atoms with E-state index in [9.17, 15) is 0 Å². The van der Waals surface area contributed by atoms with Crippen molar-refractivity contribution in [1.29, 1.82) is 5.26 Å². The molecule has 0 unspecified atom stereocenters. The standard InChI is InChI=1S/C10H5Cl2N3/c11-8-3-6(1-2-7(8)4-13)10-9(12)5-14-15-10/h1-3,5H,(H,14,15). The molecule has 5 heteroatoms. The van der Waals surface area contributed by atoms with Gasteiger partial charge in [-0.3, -0.25) is 5.10 Å². The lowest BCUT2D eigenvalue weighted by Gasteiger charge is -2.00. The fourth-order valence-electron chi connectivity index (χ4n) is 1.24. The Morgan fingerprint density at radius 1 is 1.27 bits per heavy atom. The normalized spacial score (nSPS) is 9.93. The molecule has 0 fully saturated rings. The van der Waals surface area contributed by atoms with Crippen molar-refractivity contribution in [2.24, 2.45) is 0 Å². The van der Waals surface area contributed by atoms with Crippen LogP contribution in [-0.4, -0.2) is 10.2 Å². The summed E-state index contributed by atoms with van der Waals surface area (Å²) in [6, 6.07) is 7.09. The molecule has 0 aliphatic carbocycles. The van der Waals surface area contributed by atoms with E-state index in [0.29, 0.717) is 21.3 Å². The number of nitriles is 1. The van der Waals surface area contributed by atoms with Crippen LogP contribution in [0.15, 0.2) is 24.4 Å². The highest BCUT2D eigenvalue weighted by molar-refractivity contribution is 6.33. The minimum atomic E-state index is 0.403. The number of nitrogens with one attached hydrogen (secondary N) is 1. The van der Waals surface area contributed by atoms with Crippen LogP contribution in [0, 0.1) is 11.3 Å². The Kier molecular flexibility index (Phi) is 2.63. The first-order valence-electron chi connectivity index (χ1n) is 4.11. The Hall–Kier alpha value is -1.50. The zero-order valence-electron chi connectivity index (χ0n) is 7.46. The molecule has 0 bridgehead atoms. The minimum absolute atomic E-state index is 0.403. The summed E-state index contributed by atoms with van der Waals surface area (Å²) in [5.74, 6) is 0. The summed E-state index contributed by atoms with van der Waals surface area (Å²) in [6.07, 6.45) is 1.52. The predicted molar refractivity (Wildman–Crippen MR) is 58.8 cm³/mol. The molecule has 0 amide bonds. The Balaban J connectivity index is 2.53. The first-order valence-corrected chi connectivity index (χ1v) is 4.87. The van der Waals surface area contributed by atoms with Gasteiger partial charge in [-0.1, -0.05) is 29.3 Å². The SMILES string of the molecule is N#Cc1ccc(-c2[nH]ncc2Cl)cc1Cl. The average Bonchev–Trinajstić information content (AvgIpc) is 2.64. The molecule has 0 saturated carbocycles. The van der Waals surface area contributed by atoms with E-state index in [1.807, 2.05) is 6.07 Å². The van der Waals surface area contributed by atoms with Crippen LogP contribution in [0.4, 0.5) is 0 Å². The van der Waals surface area contributed by atoms with E-state index in [1.165, 1.54) is 6.20 Å². The van der Waals surface area contributed by atoms with Gasteiger partial charge in [0.1, 0.15) is 6.07 Å². The molecular weight excluding hydrogens is 233 g/mol. The van der Waals surface area contributed by atoms with Crippen molar-refractivity contribution in [3.63, 3.8) is 0 Å². The molecule has 0 saturated heterocycles. The van der Waals surface area contributed by atoms with E-state index in [1.54, 1.807) is 18.2 Å². The Morgan fingerprint density at radius 3 is 2.60 bits per heavy atom. The Bertz CT molecular complexity index is 540. The lowest BCUT2D eigenvalue weighted by molar-refractivity contribution is 1.10. The number of benzene rings is 1. The van der Waals surface area contributed by atoms with Gasteiger partial charge in [0, 0.05) is 5.56 Å². The second kappa shape index (κ2) is 3.93. The monoisotopic (exact) mass is 237 g/mol. The summed E-state index contributed by atoms with van der Waals surface area (Å²) in [5.41, 5.74) is 1.95. The van der Waals surface area contributed by atoms with Gasteiger partial charge in [0.2, 0.25) is 0 Å². The van der Waals surface area contributed by atoms with Crippen molar-refractivity contribution in [3.05, 3.63) is 40.0 Å². The molecule has 1 N–H and O–H groups in total. The molecule has 0 spiro atoms. The molecule has 3 nitrogen and oxygen atoms in total. The predicted octanol–water partition coefficient (Wildman–Crippen LogP) is 3.26. The van der Waals surface area contributed by atoms with Crippen molar-refractivity contribution >= 4 is 23.2 Å². The fourth-order valence-corrected chi connectivity index (χ4v) is 1.66. The van der Waals surface area contributed by atoms with Gasteiger partial charge in [-0.2, -0.15) is 10.4 Å². The molecule has 1 aromatic heterocycles. The molecule has 0 radical (unpaired) electrons. The maximum absolute atomic E-state index is 8.71. The van der Waals surface area contributed by atoms with Gasteiger partial charge in [0.05, 0.1) is 27.5 Å². The highest BCUT2D eigenvalue weighted by Gasteiger charge is 2.07. The fraction of sp³-hybridized carbons (Fsp3) is 0. The average molecular weight is 238 g/mol. The van der Waals surface area contributed by atoms with Gasteiger partial charge in [-0.05, 0) is 12.1 Å². The molecule has 2 rings (SSSR count). The first-order chi connectivity index (χ1) is 7.22. The number of hydrogen-bond acceptors (Lipinski definition) is 2. The van der Waals surface area contributed by atoms with Crippen LogP contribution in [-0.2, 0) is 0 Å². The van der Waals surface area contributed by atoms with Crippen molar-refractivity contribution in [2.75, 3.05) is 0 Å². The van der Waals surface area contributed by atoms with E-state index < -0.39 is 0 Å². The van der Waals surface area contributed by atoms with Crippen molar-refractivity contribution in [1.82, 2.24) is 10.2 Å². The lowest BCUT2D eigenvalue weighted by Crippen LogP contribution is -1.82. The number of H-pyrrole nitrogens is 1. The van der Waals surface area contributed by atoms with Crippen molar-refractivity contribution < 1.29 is 0 Å². The topological polar surface area (TPSA) is 52.5 Å². The molecule has 74 valence electrons. The van der Waals surface area contributed by atoms with Gasteiger partial charge in [0.25, 0.3) is 0 Å². The number of aromatic amines is 1. The highest BCUT2D eigenvalue weighted by Crippen LogP contribution is 2.28. The maximum atomic E-state index is 8.71. The third-order valence-electron chi connectivity index (χ3n) is 1.97. The van der Waals surface area contributed by atoms with Crippen LogP contribution in [0.2, 0.25) is 10.0 Å². The molecule has 15 heavy (non-hydrogen) atoms.